The van der Waals surface area contributed by atoms with E-state index in [1.54, 1.807) is 12.1 Å². The second kappa shape index (κ2) is 7.62. The molecule has 0 saturated heterocycles. The molecule has 3 aromatic rings. The highest BCUT2D eigenvalue weighted by atomic mass is 35.5. The third-order valence-electron chi connectivity index (χ3n) is 5.86. The fraction of sp³-hybridized carbons (Fsp3) is 0.160. The molecule has 5 rings (SSSR count). The lowest BCUT2D eigenvalue weighted by molar-refractivity contribution is -0.116. The molecule has 0 aromatic heterocycles. The van der Waals surface area contributed by atoms with Crippen LogP contribution in [-0.2, 0) is 4.79 Å². The van der Waals surface area contributed by atoms with Gasteiger partial charge in [-0.2, -0.15) is 0 Å². The van der Waals surface area contributed by atoms with Gasteiger partial charge in [-0.1, -0.05) is 54.1 Å². The monoisotopic (exact) mass is 418 g/mol. The van der Waals surface area contributed by atoms with Gasteiger partial charge in [0.25, 0.3) is 0 Å². The first-order chi connectivity index (χ1) is 14.6. The molecule has 150 valence electrons. The fourth-order valence-electron chi connectivity index (χ4n) is 4.42. The maximum atomic E-state index is 13.5. The lowest BCUT2D eigenvalue weighted by Gasteiger charge is -2.30. The van der Waals surface area contributed by atoms with Crippen molar-refractivity contribution >= 4 is 28.8 Å². The molecule has 2 atom stereocenters. The van der Waals surface area contributed by atoms with E-state index in [1.165, 1.54) is 12.1 Å². The molecule has 2 aliphatic rings. The van der Waals surface area contributed by atoms with Crippen LogP contribution in [0.1, 0.15) is 35.9 Å². The zero-order valence-corrected chi connectivity index (χ0v) is 16.9. The van der Waals surface area contributed by atoms with Crippen LogP contribution >= 0.6 is 11.6 Å². The quantitative estimate of drug-likeness (QED) is 0.501. The van der Waals surface area contributed by atoms with Gasteiger partial charge in [0.15, 0.2) is 5.78 Å². The zero-order valence-electron chi connectivity index (χ0n) is 16.2. The van der Waals surface area contributed by atoms with E-state index < -0.39 is 0 Å². The van der Waals surface area contributed by atoms with E-state index in [2.05, 4.69) is 10.6 Å². The van der Waals surface area contributed by atoms with E-state index >= 15 is 0 Å². The summed E-state index contributed by atoms with van der Waals surface area (Å²) < 4.78 is 13.5. The van der Waals surface area contributed by atoms with Crippen LogP contribution in [0.4, 0.5) is 15.8 Å². The number of Topliss-reactive ketones (excluding diaryl/α,β-unsaturated/α-hetero) is 1. The van der Waals surface area contributed by atoms with Crippen molar-refractivity contribution in [1.82, 2.24) is 0 Å². The van der Waals surface area contributed by atoms with Crippen molar-refractivity contribution in [1.29, 1.82) is 0 Å². The van der Waals surface area contributed by atoms with Crippen LogP contribution in [0.5, 0.6) is 0 Å². The molecule has 3 nitrogen and oxygen atoms in total. The number of allylic oxidation sites excluding steroid dienone is 1. The van der Waals surface area contributed by atoms with Gasteiger partial charge in [-0.3, -0.25) is 4.79 Å². The molecule has 0 amide bonds. The third kappa shape index (κ3) is 3.37. The molecule has 0 radical (unpaired) electrons. The first-order valence-electron chi connectivity index (χ1n) is 9.99. The Hall–Kier alpha value is -3.11. The van der Waals surface area contributed by atoms with E-state index in [0.717, 1.165) is 28.2 Å². The summed E-state index contributed by atoms with van der Waals surface area (Å²) >= 11 is 6.44. The fourth-order valence-corrected chi connectivity index (χ4v) is 4.71. The highest BCUT2D eigenvalue weighted by molar-refractivity contribution is 6.31. The highest BCUT2D eigenvalue weighted by Crippen LogP contribution is 2.45. The zero-order chi connectivity index (χ0) is 20.7. The molecule has 0 unspecified atom stereocenters. The van der Waals surface area contributed by atoms with Crippen LogP contribution in [0.25, 0.3) is 0 Å². The average molecular weight is 419 g/mol. The number of carbonyl (C=O) groups is 1. The average Bonchev–Trinajstić information content (AvgIpc) is 2.91. The van der Waals surface area contributed by atoms with Crippen molar-refractivity contribution < 1.29 is 9.18 Å². The molecule has 0 spiro atoms. The van der Waals surface area contributed by atoms with Gasteiger partial charge < -0.3 is 10.6 Å². The Morgan fingerprint density at radius 2 is 1.57 bits per heavy atom. The number of benzene rings is 3. The minimum atomic E-state index is -0.351. The number of ketones is 1. The summed E-state index contributed by atoms with van der Waals surface area (Å²) in [6.45, 7) is 0. The minimum Gasteiger partial charge on any atom is -0.372 e. The van der Waals surface area contributed by atoms with Crippen LogP contribution in [0, 0.1) is 5.82 Å². The number of nitrogens with one attached hydrogen (secondary N) is 2. The number of hydrogen-bond acceptors (Lipinski definition) is 3. The molecule has 0 saturated carbocycles. The Morgan fingerprint density at radius 1 is 0.867 bits per heavy atom. The van der Waals surface area contributed by atoms with Crippen molar-refractivity contribution in [3.63, 3.8) is 0 Å². The second-order valence-corrected chi connectivity index (χ2v) is 8.15. The molecule has 1 aliphatic carbocycles. The second-order valence-electron chi connectivity index (χ2n) is 7.74. The number of rotatable bonds is 2. The number of carbonyl (C=O) groups excluding carboxylic acids is 1. The summed E-state index contributed by atoms with van der Waals surface area (Å²) in [6, 6.07) is 21.6. The Morgan fingerprint density at radius 3 is 2.33 bits per heavy atom. The van der Waals surface area contributed by atoms with Gasteiger partial charge in [-0.25, -0.2) is 4.39 Å². The van der Waals surface area contributed by atoms with Gasteiger partial charge >= 0.3 is 0 Å². The lowest BCUT2D eigenvalue weighted by Crippen LogP contribution is -2.27. The van der Waals surface area contributed by atoms with Gasteiger partial charge in [0.2, 0.25) is 0 Å². The van der Waals surface area contributed by atoms with E-state index in [1.807, 2.05) is 48.5 Å². The summed E-state index contributed by atoms with van der Waals surface area (Å²) in [7, 11) is 0. The lowest BCUT2D eigenvalue weighted by atomic mass is 9.78. The molecule has 0 bridgehead atoms. The third-order valence-corrected chi connectivity index (χ3v) is 6.20. The van der Waals surface area contributed by atoms with E-state index in [4.69, 9.17) is 11.6 Å². The maximum absolute atomic E-state index is 13.5. The molecule has 5 heteroatoms. The van der Waals surface area contributed by atoms with Gasteiger partial charge in [-0.15, -0.1) is 0 Å². The molecule has 0 fully saturated rings. The maximum Gasteiger partial charge on any atom is 0.163 e. The number of halogens is 2. The Balaban J connectivity index is 1.62. The van der Waals surface area contributed by atoms with Crippen LogP contribution in [0.3, 0.4) is 0 Å². The molecule has 1 heterocycles. The van der Waals surface area contributed by atoms with Gasteiger partial charge in [0, 0.05) is 22.7 Å². The summed E-state index contributed by atoms with van der Waals surface area (Å²) in [5.74, 6) is -0.214. The van der Waals surface area contributed by atoms with Crippen molar-refractivity contribution in [3.8, 4) is 0 Å². The minimum absolute atomic E-state index is 0.0107. The first kappa shape index (κ1) is 18.9. The molecular formula is C25H20ClFN2O. The Kier molecular flexibility index (Phi) is 4.80. The van der Waals surface area contributed by atoms with Crippen molar-refractivity contribution in [2.45, 2.75) is 24.8 Å². The predicted molar refractivity (Wildman–Crippen MR) is 118 cm³/mol. The molecule has 30 heavy (non-hydrogen) atoms. The van der Waals surface area contributed by atoms with Crippen LogP contribution in [0.2, 0.25) is 5.02 Å². The smallest absolute Gasteiger partial charge is 0.163 e. The first-order valence-corrected chi connectivity index (χ1v) is 10.4. The summed E-state index contributed by atoms with van der Waals surface area (Å²) in [5.41, 5.74) is 5.27. The molecule has 2 N–H and O–H groups in total. The van der Waals surface area contributed by atoms with Crippen molar-refractivity contribution in [2.24, 2.45) is 0 Å². The van der Waals surface area contributed by atoms with Crippen molar-refractivity contribution in [2.75, 3.05) is 10.6 Å². The van der Waals surface area contributed by atoms with E-state index in [0.29, 0.717) is 23.4 Å². The number of hydrogen-bond donors (Lipinski definition) is 2. The standard InChI is InChI=1S/C25H20ClFN2O/c26-19-6-2-1-5-18(19)16-13-22-24(23(30)14-16)25(15-9-11-17(27)12-10-15)29-21-8-4-3-7-20(21)28-22/h1-12,16,25,28-29H,13-14H2/t16-,25+/m1/s1. The van der Waals surface area contributed by atoms with Gasteiger partial charge in [0.05, 0.1) is 17.4 Å². The molecule has 3 aromatic carbocycles. The van der Waals surface area contributed by atoms with Gasteiger partial charge in [-0.05, 0) is 53.8 Å². The predicted octanol–water partition coefficient (Wildman–Crippen LogP) is 6.46. The Bertz CT molecular complexity index is 1160. The molecule has 1 aliphatic heterocycles. The largest absolute Gasteiger partial charge is 0.372 e. The summed E-state index contributed by atoms with van der Waals surface area (Å²) in [6.07, 6.45) is 1.07. The summed E-state index contributed by atoms with van der Waals surface area (Å²) in [4.78, 5) is 13.4. The van der Waals surface area contributed by atoms with E-state index in [-0.39, 0.29) is 23.6 Å². The van der Waals surface area contributed by atoms with Crippen molar-refractivity contribution in [3.05, 3.63) is 106 Å². The SMILES string of the molecule is O=C1C[C@H](c2ccccc2Cl)CC2=C1[C@H](c1ccc(F)cc1)Nc1ccccc1N2. The van der Waals surface area contributed by atoms with Crippen LogP contribution < -0.4 is 10.6 Å². The molecular weight excluding hydrogens is 399 g/mol. The number of para-hydroxylation sites is 2. The van der Waals surface area contributed by atoms with Gasteiger partial charge in [0.1, 0.15) is 5.82 Å². The topological polar surface area (TPSA) is 41.1 Å². The number of anilines is 2. The van der Waals surface area contributed by atoms with E-state index in [9.17, 15) is 9.18 Å². The highest BCUT2D eigenvalue weighted by Gasteiger charge is 2.36. The number of fused-ring (bicyclic) bond motifs is 1. The Labute approximate surface area is 179 Å². The van der Waals surface area contributed by atoms with Crippen LogP contribution in [0.15, 0.2) is 84.1 Å². The van der Waals surface area contributed by atoms with Crippen LogP contribution in [-0.4, -0.2) is 5.78 Å². The summed E-state index contributed by atoms with van der Waals surface area (Å²) in [5, 5.41) is 7.68. The normalized spacial score (nSPS) is 20.5.